The van der Waals surface area contributed by atoms with Gasteiger partial charge in [0.15, 0.2) is 0 Å². The van der Waals surface area contributed by atoms with Crippen molar-refractivity contribution in [3.8, 4) is 5.75 Å². The zero-order valence-electron chi connectivity index (χ0n) is 10.7. The van der Waals surface area contributed by atoms with Crippen molar-refractivity contribution in [2.45, 2.75) is 6.42 Å². The van der Waals surface area contributed by atoms with Gasteiger partial charge in [0.25, 0.3) is 5.91 Å². The number of anilines is 2. The fourth-order valence-electron chi connectivity index (χ4n) is 2.19. The topological polar surface area (TPSA) is 64.3 Å². The molecule has 1 amide bonds. The Kier molecular flexibility index (Phi) is 3.24. The molecule has 1 heterocycles. The predicted octanol–water partition coefficient (Wildman–Crippen LogP) is 3.11. The van der Waals surface area contributed by atoms with E-state index < -0.39 is 0 Å². The number of carbonyl (C=O) groups is 1. The summed E-state index contributed by atoms with van der Waals surface area (Å²) in [7, 11) is 0. The maximum absolute atomic E-state index is 12.3. The number of carbonyl (C=O) groups excluding carboxylic acids is 1. The van der Waals surface area contributed by atoms with Crippen molar-refractivity contribution >= 4 is 28.9 Å². The quantitative estimate of drug-likeness (QED) is 0.835. The smallest absolute Gasteiger partial charge is 0.255 e. The average Bonchev–Trinajstić information content (AvgIpc) is 2.90. The summed E-state index contributed by atoms with van der Waals surface area (Å²) in [6.07, 6.45) is 0.824. The number of ether oxygens (including phenoxy) is 1. The molecule has 0 aliphatic carbocycles. The number of halogens is 1. The van der Waals surface area contributed by atoms with Gasteiger partial charge in [0.1, 0.15) is 5.75 Å². The summed E-state index contributed by atoms with van der Waals surface area (Å²) in [5.41, 5.74) is 8.31. The van der Waals surface area contributed by atoms with Crippen LogP contribution < -0.4 is 15.8 Å². The lowest BCUT2D eigenvalue weighted by molar-refractivity contribution is 0.102. The Balaban J connectivity index is 1.86. The molecule has 0 fully saturated rings. The second-order valence-corrected chi connectivity index (χ2v) is 4.99. The first-order chi connectivity index (χ1) is 9.65. The maximum atomic E-state index is 12.3. The number of benzene rings is 2. The largest absolute Gasteiger partial charge is 0.493 e. The summed E-state index contributed by atoms with van der Waals surface area (Å²) >= 11 is 6.04. The fourth-order valence-corrected chi connectivity index (χ4v) is 2.42. The molecule has 0 radical (unpaired) electrons. The number of nitrogens with two attached hydrogens (primary N) is 1. The van der Waals surface area contributed by atoms with Crippen molar-refractivity contribution in [3.05, 3.63) is 52.5 Å². The van der Waals surface area contributed by atoms with E-state index in [9.17, 15) is 4.79 Å². The van der Waals surface area contributed by atoms with Gasteiger partial charge in [-0.2, -0.15) is 0 Å². The molecule has 0 atom stereocenters. The van der Waals surface area contributed by atoms with Crippen molar-refractivity contribution in [1.82, 2.24) is 0 Å². The number of nitrogen functional groups attached to an aromatic ring is 1. The summed E-state index contributed by atoms with van der Waals surface area (Å²) in [5.74, 6) is 0.610. The van der Waals surface area contributed by atoms with Crippen LogP contribution in [0.1, 0.15) is 15.9 Å². The van der Waals surface area contributed by atoms with E-state index in [0.717, 1.165) is 17.7 Å². The Labute approximate surface area is 121 Å². The molecule has 1 aliphatic rings. The van der Waals surface area contributed by atoms with E-state index in [2.05, 4.69) is 5.32 Å². The molecule has 0 bridgehead atoms. The standard InChI is InChI=1S/C15H13ClN2O2/c16-11-2-1-3-12(17)14(11)18-15(19)10-4-5-13-9(8-10)6-7-20-13/h1-5,8H,6-7,17H2,(H,18,19). The molecule has 3 rings (SSSR count). The van der Waals surface area contributed by atoms with Gasteiger partial charge in [-0.1, -0.05) is 17.7 Å². The summed E-state index contributed by atoms with van der Waals surface area (Å²) in [6, 6.07) is 10.5. The number of hydrogen-bond acceptors (Lipinski definition) is 3. The van der Waals surface area contributed by atoms with Gasteiger partial charge in [0, 0.05) is 12.0 Å². The SMILES string of the molecule is Nc1cccc(Cl)c1NC(=O)c1ccc2c(c1)CCO2. The van der Waals surface area contributed by atoms with Gasteiger partial charge in [-0.3, -0.25) is 4.79 Å². The first-order valence-corrected chi connectivity index (χ1v) is 6.64. The number of para-hydroxylation sites is 1. The molecular weight excluding hydrogens is 276 g/mol. The summed E-state index contributed by atoms with van der Waals surface area (Å²) in [6.45, 7) is 0.665. The van der Waals surface area contributed by atoms with Crippen LogP contribution in [0.15, 0.2) is 36.4 Å². The maximum Gasteiger partial charge on any atom is 0.255 e. The van der Waals surface area contributed by atoms with Gasteiger partial charge in [0.2, 0.25) is 0 Å². The van der Waals surface area contributed by atoms with Gasteiger partial charge in [-0.05, 0) is 35.9 Å². The molecule has 2 aromatic carbocycles. The average molecular weight is 289 g/mol. The van der Waals surface area contributed by atoms with Crippen LogP contribution in [0.3, 0.4) is 0 Å². The number of fused-ring (bicyclic) bond motifs is 1. The second-order valence-electron chi connectivity index (χ2n) is 4.58. The Morgan fingerprint density at radius 3 is 2.95 bits per heavy atom. The van der Waals surface area contributed by atoms with Gasteiger partial charge in [-0.25, -0.2) is 0 Å². The molecule has 2 aromatic rings. The molecule has 0 unspecified atom stereocenters. The van der Waals surface area contributed by atoms with Crippen molar-refractivity contribution in [1.29, 1.82) is 0 Å². The number of rotatable bonds is 2. The van der Waals surface area contributed by atoms with Gasteiger partial charge < -0.3 is 15.8 Å². The molecule has 20 heavy (non-hydrogen) atoms. The molecule has 3 N–H and O–H groups in total. The molecule has 1 aliphatic heterocycles. The normalized spacial score (nSPS) is 12.7. The third kappa shape index (κ3) is 2.30. The summed E-state index contributed by atoms with van der Waals surface area (Å²) in [4.78, 5) is 12.3. The van der Waals surface area contributed by atoms with Crippen molar-refractivity contribution in [3.63, 3.8) is 0 Å². The predicted molar refractivity (Wildman–Crippen MR) is 79.5 cm³/mol. The van der Waals surface area contributed by atoms with E-state index in [1.807, 2.05) is 12.1 Å². The minimum absolute atomic E-state index is 0.237. The third-order valence-corrected chi connectivity index (χ3v) is 3.55. The van der Waals surface area contributed by atoms with Crippen molar-refractivity contribution in [2.75, 3.05) is 17.7 Å². The monoisotopic (exact) mass is 288 g/mol. The van der Waals surface area contributed by atoms with E-state index >= 15 is 0 Å². The third-order valence-electron chi connectivity index (χ3n) is 3.24. The molecule has 0 spiro atoms. The first-order valence-electron chi connectivity index (χ1n) is 6.26. The van der Waals surface area contributed by atoms with E-state index in [1.54, 1.807) is 24.3 Å². The summed E-state index contributed by atoms with van der Waals surface area (Å²) in [5, 5.41) is 3.17. The highest BCUT2D eigenvalue weighted by molar-refractivity contribution is 6.34. The minimum atomic E-state index is -0.237. The Morgan fingerprint density at radius 2 is 2.15 bits per heavy atom. The van der Waals surface area contributed by atoms with Crippen LogP contribution >= 0.6 is 11.6 Å². The van der Waals surface area contributed by atoms with Crippen molar-refractivity contribution < 1.29 is 9.53 Å². The molecule has 102 valence electrons. The van der Waals surface area contributed by atoms with E-state index in [1.165, 1.54) is 0 Å². The highest BCUT2D eigenvalue weighted by Gasteiger charge is 2.16. The zero-order valence-corrected chi connectivity index (χ0v) is 11.4. The molecule has 0 saturated carbocycles. The van der Waals surface area contributed by atoms with Crippen LogP contribution in [0.4, 0.5) is 11.4 Å². The lowest BCUT2D eigenvalue weighted by Crippen LogP contribution is -2.13. The number of nitrogens with one attached hydrogen (secondary N) is 1. The Morgan fingerprint density at radius 1 is 1.30 bits per heavy atom. The molecule has 0 saturated heterocycles. The highest BCUT2D eigenvalue weighted by atomic mass is 35.5. The lowest BCUT2D eigenvalue weighted by Gasteiger charge is -2.10. The molecular formula is C15H13ClN2O2. The first kappa shape index (κ1) is 12.8. The van der Waals surface area contributed by atoms with Crippen LogP contribution in [0.5, 0.6) is 5.75 Å². The Bertz CT molecular complexity index is 665. The van der Waals surface area contributed by atoms with Gasteiger partial charge in [0.05, 0.1) is 23.0 Å². The lowest BCUT2D eigenvalue weighted by atomic mass is 10.1. The van der Waals surface area contributed by atoms with Gasteiger partial charge >= 0.3 is 0 Å². The van der Waals surface area contributed by atoms with Crippen LogP contribution in [-0.4, -0.2) is 12.5 Å². The van der Waals surface area contributed by atoms with Crippen LogP contribution in [0.2, 0.25) is 5.02 Å². The molecule has 0 aromatic heterocycles. The number of amides is 1. The Hall–Kier alpha value is -2.20. The number of hydrogen-bond donors (Lipinski definition) is 2. The van der Waals surface area contributed by atoms with Crippen LogP contribution in [-0.2, 0) is 6.42 Å². The van der Waals surface area contributed by atoms with Gasteiger partial charge in [-0.15, -0.1) is 0 Å². The minimum Gasteiger partial charge on any atom is -0.493 e. The highest BCUT2D eigenvalue weighted by Crippen LogP contribution is 2.29. The molecule has 5 heteroatoms. The van der Waals surface area contributed by atoms with E-state index in [-0.39, 0.29) is 5.91 Å². The van der Waals surface area contributed by atoms with E-state index in [4.69, 9.17) is 22.1 Å². The van der Waals surface area contributed by atoms with Crippen molar-refractivity contribution in [2.24, 2.45) is 0 Å². The van der Waals surface area contributed by atoms with Crippen LogP contribution in [0.25, 0.3) is 0 Å². The van der Waals surface area contributed by atoms with Crippen LogP contribution in [0, 0.1) is 0 Å². The zero-order chi connectivity index (χ0) is 14.1. The molecule has 4 nitrogen and oxygen atoms in total. The summed E-state index contributed by atoms with van der Waals surface area (Å²) < 4.78 is 5.42. The fraction of sp³-hybridized carbons (Fsp3) is 0.133. The second kappa shape index (κ2) is 5.06. The van der Waals surface area contributed by atoms with E-state index in [0.29, 0.717) is 28.6 Å².